The Morgan fingerprint density at radius 1 is 1.38 bits per heavy atom. The zero-order valence-electron chi connectivity index (χ0n) is 14.0. The number of rotatable bonds is 9. The lowest BCUT2D eigenvalue weighted by molar-refractivity contribution is -0.127. The second-order valence-electron chi connectivity index (χ2n) is 5.81. The molecule has 2 rings (SSSR count). The minimum absolute atomic E-state index is 0.334. The minimum atomic E-state index is -0.914. The Balaban J connectivity index is 1.80. The molecule has 1 atom stereocenters. The standard InChI is InChI=1S/C20H23NO3/c1-3-4-6-9-17(2)14-23-15-19-13-20(16-22,24-21-19)12-18-10-7-5-8-11-18/h3-11,16H,2,12-15H2,1H3/b4-3-,9-6-. The van der Waals surface area contributed by atoms with Crippen LogP contribution >= 0.6 is 0 Å². The molecule has 0 amide bonds. The van der Waals surface area contributed by atoms with E-state index in [1.54, 1.807) is 0 Å². The van der Waals surface area contributed by atoms with E-state index in [1.165, 1.54) is 0 Å². The molecule has 0 bridgehead atoms. The molecule has 1 heterocycles. The highest BCUT2D eigenvalue weighted by atomic mass is 16.7. The van der Waals surface area contributed by atoms with Crippen molar-refractivity contribution in [1.82, 2.24) is 0 Å². The fourth-order valence-corrected chi connectivity index (χ4v) is 2.43. The normalized spacial score (nSPS) is 20.3. The molecule has 126 valence electrons. The van der Waals surface area contributed by atoms with E-state index in [0.29, 0.717) is 26.1 Å². The third-order valence-electron chi connectivity index (χ3n) is 3.61. The van der Waals surface area contributed by atoms with Crippen molar-refractivity contribution >= 4 is 12.0 Å². The predicted molar refractivity (Wildman–Crippen MR) is 96.0 cm³/mol. The average Bonchev–Trinajstić information content (AvgIpc) is 3.00. The van der Waals surface area contributed by atoms with Crippen LogP contribution in [0.15, 0.2) is 71.9 Å². The molecule has 0 saturated carbocycles. The van der Waals surface area contributed by atoms with Crippen molar-refractivity contribution in [3.63, 3.8) is 0 Å². The summed E-state index contributed by atoms with van der Waals surface area (Å²) in [6, 6.07) is 9.79. The van der Waals surface area contributed by atoms with Crippen molar-refractivity contribution in [1.29, 1.82) is 0 Å². The molecule has 1 unspecified atom stereocenters. The van der Waals surface area contributed by atoms with E-state index < -0.39 is 5.60 Å². The van der Waals surface area contributed by atoms with Crippen LogP contribution in [0.1, 0.15) is 18.9 Å². The summed E-state index contributed by atoms with van der Waals surface area (Å²) in [7, 11) is 0. The number of hydrogen-bond donors (Lipinski definition) is 0. The lowest BCUT2D eigenvalue weighted by Gasteiger charge is -2.19. The van der Waals surface area contributed by atoms with Gasteiger partial charge in [0.15, 0.2) is 6.29 Å². The third kappa shape index (κ3) is 5.32. The highest BCUT2D eigenvalue weighted by Crippen LogP contribution is 2.26. The van der Waals surface area contributed by atoms with Gasteiger partial charge < -0.3 is 9.57 Å². The summed E-state index contributed by atoms with van der Waals surface area (Å²) in [5.41, 5.74) is 1.74. The molecule has 0 N–H and O–H groups in total. The van der Waals surface area contributed by atoms with Crippen LogP contribution in [0.25, 0.3) is 0 Å². The molecule has 4 heteroatoms. The first kappa shape index (κ1) is 17.9. The van der Waals surface area contributed by atoms with Crippen LogP contribution < -0.4 is 0 Å². The largest absolute Gasteiger partial charge is 0.381 e. The first-order valence-corrected chi connectivity index (χ1v) is 7.96. The Labute approximate surface area is 143 Å². The van der Waals surface area contributed by atoms with Crippen LogP contribution in [0.3, 0.4) is 0 Å². The lowest BCUT2D eigenvalue weighted by Crippen LogP contribution is -2.34. The SMILES string of the molecule is C=C(/C=C\C=C/C)COCC1=NOC(C=O)(Cc2ccccc2)C1. The molecule has 24 heavy (non-hydrogen) atoms. The topological polar surface area (TPSA) is 47.9 Å². The van der Waals surface area contributed by atoms with E-state index in [-0.39, 0.29) is 0 Å². The van der Waals surface area contributed by atoms with Gasteiger partial charge in [-0.15, -0.1) is 0 Å². The molecule has 0 radical (unpaired) electrons. The average molecular weight is 325 g/mol. The Kier molecular flexibility index (Phi) is 6.70. The van der Waals surface area contributed by atoms with Gasteiger partial charge in [0.25, 0.3) is 0 Å². The van der Waals surface area contributed by atoms with Gasteiger partial charge in [-0.25, -0.2) is 0 Å². The zero-order chi connectivity index (χ0) is 17.3. The van der Waals surface area contributed by atoms with Crippen LogP contribution in [0.2, 0.25) is 0 Å². The Morgan fingerprint density at radius 2 is 2.17 bits per heavy atom. The van der Waals surface area contributed by atoms with Gasteiger partial charge in [0.05, 0.1) is 18.9 Å². The summed E-state index contributed by atoms with van der Waals surface area (Å²) in [4.78, 5) is 17.0. The van der Waals surface area contributed by atoms with Crippen LogP contribution in [-0.4, -0.2) is 30.8 Å². The summed E-state index contributed by atoms with van der Waals surface area (Å²) < 4.78 is 5.60. The fourth-order valence-electron chi connectivity index (χ4n) is 2.43. The molecule has 1 aromatic rings. The van der Waals surface area contributed by atoms with E-state index in [0.717, 1.165) is 23.1 Å². The first-order valence-electron chi connectivity index (χ1n) is 7.96. The molecule has 0 fully saturated rings. The van der Waals surface area contributed by atoms with Crippen molar-refractivity contribution in [2.45, 2.75) is 25.4 Å². The first-order chi connectivity index (χ1) is 11.7. The quantitative estimate of drug-likeness (QED) is 0.514. The van der Waals surface area contributed by atoms with E-state index in [4.69, 9.17) is 9.57 Å². The number of ether oxygens (including phenoxy) is 1. The van der Waals surface area contributed by atoms with E-state index >= 15 is 0 Å². The molecule has 1 aromatic carbocycles. The van der Waals surface area contributed by atoms with Gasteiger partial charge in [0.1, 0.15) is 0 Å². The van der Waals surface area contributed by atoms with E-state index in [9.17, 15) is 4.79 Å². The van der Waals surface area contributed by atoms with Gasteiger partial charge in [0, 0.05) is 12.8 Å². The van der Waals surface area contributed by atoms with Crippen LogP contribution in [0.4, 0.5) is 0 Å². The summed E-state index contributed by atoms with van der Waals surface area (Å²) >= 11 is 0. The molecule has 0 saturated heterocycles. The maximum absolute atomic E-state index is 11.5. The number of carbonyl (C=O) groups excluding carboxylic acids is 1. The van der Waals surface area contributed by atoms with Crippen molar-refractivity contribution in [2.75, 3.05) is 13.2 Å². The molecule has 1 aliphatic heterocycles. The number of hydrogen-bond acceptors (Lipinski definition) is 4. The molecule has 4 nitrogen and oxygen atoms in total. The monoisotopic (exact) mass is 325 g/mol. The minimum Gasteiger partial charge on any atom is -0.381 e. The second kappa shape index (κ2) is 8.99. The maximum atomic E-state index is 11.5. The van der Waals surface area contributed by atoms with Crippen LogP contribution in [0, 0.1) is 0 Å². The number of oxime groups is 1. The number of aldehydes is 1. The van der Waals surface area contributed by atoms with Gasteiger partial charge in [-0.1, -0.05) is 66.4 Å². The van der Waals surface area contributed by atoms with Crippen LogP contribution in [-0.2, 0) is 20.8 Å². The number of nitrogens with zero attached hydrogens (tertiary/aromatic N) is 1. The number of benzene rings is 1. The molecule has 0 spiro atoms. The number of allylic oxidation sites excluding steroid dienone is 3. The van der Waals surface area contributed by atoms with Gasteiger partial charge in [-0.3, -0.25) is 4.79 Å². The molecule has 1 aliphatic rings. The predicted octanol–water partition coefficient (Wildman–Crippen LogP) is 3.65. The van der Waals surface area contributed by atoms with E-state index in [1.807, 2.05) is 61.6 Å². The van der Waals surface area contributed by atoms with E-state index in [2.05, 4.69) is 11.7 Å². The Hall–Kier alpha value is -2.46. The smallest absolute Gasteiger partial charge is 0.201 e. The van der Waals surface area contributed by atoms with Crippen molar-refractivity contribution in [3.8, 4) is 0 Å². The summed E-state index contributed by atoms with van der Waals surface area (Å²) in [6.07, 6.45) is 9.49. The summed E-state index contributed by atoms with van der Waals surface area (Å²) in [6.45, 7) is 6.62. The Bertz CT molecular complexity index is 646. The maximum Gasteiger partial charge on any atom is 0.201 e. The van der Waals surface area contributed by atoms with Crippen molar-refractivity contribution < 1.29 is 14.4 Å². The molecule has 0 aromatic heterocycles. The number of carbonyl (C=O) groups is 1. The second-order valence-corrected chi connectivity index (χ2v) is 5.81. The van der Waals surface area contributed by atoms with Crippen molar-refractivity contribution in [2.24, 2.45) is 5.16 Å². The Morgan fingerprint density at radius 3 is 2.88 bits per heavy atom. The summed E-state index contributed by atoms with van der Waals surface area (Å²) in [5, 5.41) is 4.03. The highest BCUT2D eigenvalue weighted by Gasteiger charge is 2.39. The van der Waals surface area contributed by atoms with Gasteiger partial charge in [-0.05, 0) is 18.1 Å². The van der Waals surface area contributed by atoms with Crippen LogP contribution in [0.5, 0.6) is 0 Å². The molecule has 0 aliphatic carbocycles. The zero-order valence-corrected chi connectivity index (χ0v) is 14.0. The molecular weight excluding hydrogens is 302 g/mol. The van der Waals surface area contributed by atoms with Gasteiger partial charge in [-0.2, -0.15) is 0 Å². The van der Waals surface area contributed by atoms with Gasteiger partial charge in [0.2, 0.25) is 5.60 Å². The highest BCUT2D eigenvalue weighted by molar-refractivity contribution is 5.91. The molecular formula is C20H23NO3. The fraction of sp³-hybridized carbons (Fsp3) is 0.300. The summed E-state index contributed by atoms with van der Waals surface area (Å²) in [5.74, 6) is 0. The van der Waals surface area contributed by atoms with Gasteiger partial charge >= 0.3 is 0 Å². The van der Waals surface area contributed by atoms with Crippen molar-refractivity contribution in [3.05, 3.63) is 72.4 Å². The third-order valence-corrected chi connectivity index (χ3v) is 3.61. The lowest BCUT2D eigenvalue weighted by atomic mass is 9.91.